The molecule has 0 fully saturated rings. The fourth-order valence-corrected chi connectivity index (χ4v) is 8.50. The monoisotopic (exact) mass is 301 g/mol. The second-order valence-corrected chi connectivity index (χ2v) is 9.85. The first-order chi connectivity index (χ1) is 6.63. The van der Waals surface area contributed by atoms with E-state index in [1.807, 2.05) is 0 Å². The van der Waals surface area contributed by atoms with Crippen LogP contribution in [0.25, 0.3) is 0 Å². The third-order valence-electron chi connectivity index (χ3n) is 1.38. The van der Waals surface area contributed by atoms with E-state index in [-0.39, 0.29) is 0 Å². The Kier molecular flexibility index (Phi) is 3.77. The van der Waals surface area contributed by atoms with Crippen molar-refractivity contribution in [3.8, 4) is 0 Å². The van der Waals surface area contributed by atoms with Crippen LogP contribution in [-0.4, -0.2) is 23.9 Å². The molecule has 0 spiro atoms. The summed E-state index contributed by atoms with van der Waals surface area (Å²) < 4.78 is 59.9. The van der Waals surface area contributed by atoms with Crippen molar-refractivity contribution in [2.75, 3.05) is 14.1 Å². The van der Waals surface area contributed by atoms with Crippen molar-refractivity contribution < 1.29 is 16.8 Å². The SMILES string of the molecule is CN(C)P1(F)=N[P+](F)(C=S)NP(F)(F)=N1. The van der Waals surface area contributed by atoms with E-state index in [0.29, 0.717) is 5.11 Å². The quantitative estimate of drug-likeness (QED) is 0.459. The van der Waals surface area contributed by atoms with Crippen LogP contribution >= 0.6 is 35.6 Å². The minimum absolute atomic E-state index is 0.438. The van der Waals surface area contributed by atoms with Crippen LogP contribution in [0.4, 0.5) is 16.8 Å². The Balaban J connectivity index is 3.38. The van der Waals surface area contributed by atoms with Gasteiger partial charge in [-0.15, -0.1) is 4.52 Å². The number of nitrogens with one attached hydrogen (secondary N) is 1. The minimum atomic E-state index is -5.16. The average molecular weight is 301 g/mol. The summed E-state index contributed by atoms with van der Waals surface area (Å²) in [5.74, 6) is 0. The molecule has 0 aliphatic carbocycles. The van der Waals surface area contributed by atoms with E-state index in [4.69, 9.17) is 0 Å². The van der Waals surface area contributed by atoms with Gasteiger partial charge in [0.25, 0.3) is 0 Å². The molecular weight excluding hydrogens is 293 g/mol. The van der Waals surface area contributed by atoms with Crippen LogP contribution in [-0.2, 0) is 0 Å². The van der Waals surface area contributed by atoms with Gasteiger partial charge in [-0.05, 0) is 39.9 Å². The first-order valence-corrected chi connectivity index (χ1v) is 8.75. The Labute approximate surface area is 90.6 Å². The lowest BCUT2D eigenvalue weighted by atomic mass is 11.3. The lowest BCUT2D eigenvalue weighted by molar-refractivity contribution is 0.605. The second-order valence-electron chi connectivity index (χ2n) is 2.81. The Hall–Kier alpha value is 0.620. The normalized spacial score (nSPS) is 39.4. The van der Waals surface area contributed by atoms with E-state index in [0.717, 1.165) is 4.67 Å². The van der Waals surface area contributed by atoms with Crippen LogP contribution in [0, 0.1) is 0 Å². The highest BCUT2D eigenvalue weighted by atomic mass is 32.1. The van der Waals surface area contributed by atoms with E-state index in [1.165, 1.54) is 19.0 Å². The Morgan fingerprint density at radius 3 is 2.33 bits per heavy atom. The molecule has 0 aromatic heterocycles. The predicted molar refractivity (Wildman–Crippen MR) is 60.5 cm³/mol. The van der Waals surface area contributed by atoms with Crippen LogP contribution in [0.5, 0.6) is 0 Å². The Morgan fingerprint density at radius 1 is 1.40 bits per heavy atom. The summed E-state index contributed by atoms with van der Waals surface area (Å²) in [4.78, 5) is 1.32. The molecule has 2 unspecified atom stereocenters. The first-order valence-electron chi connectivity index (χ1n) is 3.51. The first kappa shape index (κ1) is 13.7. The molecule has 1 rings (SSSR count). The van der Waals surface area contributed by atoms with Gasteiger partial charge in [-0.25, -0.2) is 4.67 Å². The summed E-state index contributed by atoms with van der Waals surface area (Å²) in [6.07, 6.45) is 0. The van der Waals surface area contributed by atoms with Gasteiger partial charge >= 0.3 is 23.4 Å². The Bertz CT molecular complexity index is 393. The van der Waals surface area contributed by atoms with E-state index in [2.05, 4.69) is 21.2 Å². The van der Waals surface area contributed by atoms with E-state index < -0.39 is 23.4 Å². The molecular formula is C3H8F4N4P3S+. The van der Waals surface area contributed by atoms with Gasteiger partial charge in [0.05, 0.1) is 0 Å². The third kappa shape index (κ3) is 3.05. The van der Waals surface area contributed by atoms with Crippen LogP contribution in [0.15, 0.2) is 9.03 Å². The Morgan fingerprint density at radius 2 is 1.93 bits per heavy atom. The molecule has 2 atom stereocenters. The molecule has 0 saturated carbocycles. The molecule has 1 aliphatic rings. The van der Waals surface area contributed by atoms with Crippen molar-refractivity contribution in [3.63, 3.8) is 0 Å². The highest BCUT2D eigenvalue weighted by Crippen LogP contribution is 2.81. The zero-order valence-electron chi connectivity index (χ0n) is 7.68. The standard InChI is InChI=1S/C3H8F4N4P3S/c1-11(2)14(7)9-12(4,3-15)8-13(5,6)10-14/h3,8H,1-2H3/q+1. The van der Waals surface area contributed by atoms with E-state index >= 15 is 0 Å². The molecule has 0 radical (unpaired) electrons. The highest BCUT2D eigenvalue weighted by molar-refractivity contribution is 8.04. The summed E-state index contributed by atoms with van der Waals surface area (Å²) in [6.45, 7) is 0. The lowest BCUT2D eigenvalue weighted by Crippen LogP contribution is -2.12. The zero-order valence-corrected chi connectivity index (χ0v) is 11.2. The summed E-state index contributed by atoms with van der Waals surface area (Å²) in [6, 6.07) is 0. The fourth-order valence-electron chi connectivity index (χ4n) is 0.740. The minimum Gasteiger partial charge on any atom is -0.230 e. The van der Waals surface area contributed by atoms with Gasteiger partial charge in [0.2, 0.25) is 0 Å². The number of halogens is 4. The molecule has 88 valence electrons. The van der Waals surface area contributed by atoms with E-state index in [9.17, 15) is 16.8 Å². The second kappa shape index (κ2) is 4.13. The van der Waals surface area contributed by atoms with Crippen molar-refractivity contribution in [1.82, 2.24) is 9.53 Å². The summed E-state index contributed by atoms with van der Waals surface area (Å²) in [5, 5.41) is 0.438. The largest absolute Gasteiger partial charge is 0.440 e. The predicted octanol–water partition coefficient (Wildman–Crippen LogP) is 4.64. The van der Waals surface area contributed by atoms with Gasteiger partial charge in [0, 0.05) is 0 Å². The summed E-state index contributed by atoms with van der Waals surface area (Å²) in [5.41, 5.74) is 0. The number of hydrogen-bond acceptors (Lipinski definition) is 5. The fraction of sp³-hybridized carbons (Fsp3) is 0.667. The van der Waals surface area contributed by atoms with Crippen molar-refractivity contribution in [1.29, 1.82) is 0 Å². The number of nitrogens with zero attached hydrogens (tertiary/aromatic N) is 3. The lowest BCUT2D eigenvalue weighted by Gasteiger charge is -2.22. The van der Waals surface area contributed by atoms with Gasteiger partial charge in [0.15, 0.2) is 5.11 Å². The molecule has 1 aliphatic heterocycles. The summed E-state index contributed by atoms with van der Waals surface area (Å²) >= 11 is 4.25. The van der Waals surface area contributed by atoms with Crippen molar-refractivity contribution in [2.45, 2.75) is 0 Å². The third-order valence-corrected chi connectivity index (χ3v) is 9.36. The molecule has 1 heterocycles. The van der Waals surface area contributed by atoms with Crippen molar-refractivity contribution in [3.05, 3.63) is 0 Å². The highest BCUT2D eigenvalue weighted by Gasteiger charge is 2.54. The number of rotatable bonds is 2. The van der Waals surface area contributed by atoms with Gasteiger partial charge in [-0.3, -0.25) is 0 Å². The number of thiocarbonyl (C=S) groups is 1. The van der Waals surface area contributed by atoms with Crippen molar-refractivity contribution in [2.24, 2.45) is 9.03 Å². The van der Waals surface area contributed by atoms with E-state index in [1.54, 1.807) is 0 Å². The topological polar surface area (TPSA) is 40.0 Å². The smallest absolute Gasteiger partial charge is 0.230 e. The maximum absolute atomic E-state index is 13.8. The molecule has 0 aromatic rings. The van der Waals surface area contributed by atoms with Crippen LogP contribution < -0.4 is 4.86 Å². The molecule has 0 bridgehead atoms. The zero-order chi connectivity index (χ0) is 11.9. The van der Waals surface area contributed by atoms with Crippen LogP contribution in [0.1, 0.15) is 0 Å². The molecule has 0 aromatic carbocycles. The maximum atomic E-state index is 13.8. The van der Waals surface area contributed by atoms with Crippen molar-refractivity contribution >= 4 is 40.7 Å². The molecule has 4 nitrogen and oxygen atoms in total. The van der Waals surface area contributed by atoms with Crippen LogP contribution in [0.2, 0.25) is 0 Å². The number of hydrogen-bond donors (Lipinski definition) is 1. The van der Waals surface area contributed by atoms with Gasteiger partial charge in [-0.2, -0.15) is 12.6 Å². The summed E-state index contributed by atoms with van der Waals surface area (Å²) in [7, 11) is -11.3. The molecule has 12 heteroatoms. The van der Waals surface area contributed by atoms with Gasteiger partial charge < -0.3 is 0 Å². The van der Waals surface area contributed by atoms with Gasteiger partial charge in [0.1, 0.15) is 0 Å². The molecule has 0 amide bonds. The van der Waals surface area contributed by atoms with Crippen LogP contribution in [0.3, 0.4) is 0 Å². The van der Waals surface area contributed by atoms with Gasteiger partial charge in [-0.1, -0.05) is 0 Å². The molecule has 0 saturated heterocycles. The maximum Gasteiger partial charge on any atom is 0.440 e. The average Bonchev–Trinajstić information content (AvgIpc) is 1.99. The molecule has 15 heavy (non-hydrogen) atoms. The molecule has 1 N–H and O–H groups in total.